The van der Waals surface area contributed by atoms with Crippen LogP contribution in [0.3, 0.4) is 0 Å². The van der Waals surface area contributed by atoms with E-state index in [0.29, 0.717) is 0 Å². The van der Waals surface area contributed by atoms with Crippen LogP contribution in [0, 0.1) is 27.7 Å². The summed E-state index contributed by atoms with van der Waals surface area (Å²) >= 11 is 0. The number of benzene rings is 10. The van der Waals surface area contributed by atoms with Gasteiger partial charge in [-0.05, 0) is 109 Å². The second kappa shape index (κ2) is 13.0. The van der Waals surface area contributed by atoms with E-state index in [2.05, 4.69) is 207 Å². The van der Waals surface area contributed by atoms with Crippen LogP contribution >= 0.6 is 0 Å². The molecule has 0 saturated heterocycles. The van der Waals surface area contributed by atoms with Gasteiger partial charge < -0.3 is 18.6 Å². The first kappa shape index (κ1) is 34.5. The third-order valence-electron chi connectivity index (χ3n) is 12.6. The molecule has 0 aliphatic heterocycles. The molecule has 2 aromatic heterocycles. The van der Waals surface area contributed by atoms with Crippen LogP contribution < -0.4 is 9.80 Å². The molecule has 10 aromatic carbocycles. The zero-order chi connectivity index (χ0) is 40.2. The molecular formula is C56H40N2O2. The van der Waals surface area contributed by atoms with Gasteiger partial charge in [0.05, 0.1) is 22.7 Å². The highest BCUT2D eigenvalue weighted by molar-refractivity contribution is 6.28. The number of anilines is 6. The van der Waals surface area contributed by atoms with Crippen molar-refractivity contribution in [3.63, 3.8) is 0 Å². The maximum atomic E-state index is 6.82. The Morgan fingerprint density at radius 3 is 1.08 bits per heavy atom. The number of nitrogens with zero attached hydrogens (tertiary/aromatic N) is 2. The number of aryl methyl sites for hydroxylation is 4. The Balaban J connectivity index is 1.13. The highest BCUT2D eigenvalue weighted by atomic mass is 16.3. The van der Waals surface area contributed by atoms with Crippen molar-refractivity contribution in [2.75, 3.05) is 9.80 Å². The summed E-state index contributed by atoms with van der Waals surface area (Å²) in [7, 11) is 0. The number of furan rings is 2. The maximum Gasteiger partial charge on any atom is 0.159 e. The number of hydrogen-bond acceptors (Lipinski definition) is 4. The molecule has 0 saturated carbocycles. The molecule has 0 radical (unpaired) electrons. The van der Waals surface area contributed by atoms with Crippen molar-refractivity contribution in [2.45, 2.75) is 27.7 Å². The lowest BCUT2D eigenvalue weighted by atomic mass is 9.91. The van der Waals surface area contributed by atoms with E-state index in [9.17, 15) is 0 Å². The van der Waals surface area contributed by atoms with Gasteiger partial charge in [0.2, 0.25) is 0 Å². The molecule has 2 heterocycles. The van der Waals surface area contributed by atoms with Crippen LogP contribution in [0.4, 0.5) is 34.1 Å². The van der Waals surface area contributed by atoms with Gasteiger partial charge in [-0.15, -0.1) is 0 Å². The summed E-state index contributed by atoms with van der Waals surface area (Å²) in [5, 5.41) is 11.7. The van der Waals surface area contributed by atoms with Crippen molar-refractivity contribution in [3.8, 4) is 0 Å². The molecule has 0 atom stereocenters. The lowest BCUT2D eigenvalue weighted by Crippen LogP contribution is -2.12. The standard InChI is InChI=1S/C56H40N2O2/c1-33-17-25-39(26-18-33)57(49-15-7-13-43-41-11-5-9-35(3)53(41)59-55(43)49)47-31-23-37-22-30-46-48(32-24-38-21-29-45(47)51(37)52(38)46)58(40-27-19-34(2)20-28-40)50-16-8-14-44-42-12-6-10-36(4)54(42)60-56(44)50/h5-32H,1-4H3. The average Bonchev–Trinajstić information content (AvgIpc) is 3.86. The molecule has 0 aliphatic carbocycles. The van der Waals surface area contributed by atoms with Crippen molar-refractivity contribution >= 4 is 110 Å². The minimum Gasteiger partial charge on any atom is -0.454 e. The molecule has 0 amide bonds. The first-order valence-corrected chi connectivity index (χ1v) is 20.7. The number of rotatable bonds is 6. The smallest absolute Gasteiger partial charge is 0.159 e. The lowest BCUT2D eigenvalue weighted by Gasteiger charge is -2.29. The number of hydrogen-bond donors (Lipinski definition) is 0. The summed E-state index contributed by atoms with van der Waals surface area (Å²) in [5.74, 6) is 0. The average molecular weight is 773 g/mol. The van der Waals surface area contributed by atoms with Gasteiger partial charge in [-0.25, -0.2) is 0 Å². The predicted molar refractivity (Wildman–Crippen MR) is 253 cm³/mol. The van der Waals surface area contributed by atoms with Gasteiger partial charge in [0.15, 0.2) is 11.2 Å². The summed E-state index contributed by atoms with van der Waals surface area (Å²) in [5.41, 5.74) is 14.6. The zero-order valence-corrected chi connectivity index (χ0v) is 33.9. The lowest BCUT2D eigenvalue weighted by molar-refractivity contribution is 0.665. The molecule has 286 valence electrons. The monoisotopic (exact) mass is 772 g/mol. The summed E-state index contributed by atoms with van der Waals surface area (Å²) in [6, 6.07) is 61.8. The van der Waals surface area contributed by atoms with Crippen LogP contribution in [0.1, 0.15) is 22.3 Å². The van der Waals surface area contributed by atoms with Crippen molar-refractivity contribution in [1.82, 2.24) is 0 Å². The predicted octanol–water partition coefficient (Wildman–Crippen LogP) is 16.6. The van der Waals surface area contributed by atoms with Crippen LogP contribution in [-0.4, -0.2) is 0 Å². The number of fused-ring (bicyclic) bond motifs is 6. The van der Waals surface area contributed by atoms with E-state index in [0.717, 1.165) is 89.1 Å². The quantitative estimate of drug-likeness (QED) is 0.158. The van der Waals surface area contributed by atoms with Crippen molar-refractivity contribution in [2.24, 2.45) is 0 Å². The Hall–Kier alpha value is -7.56. The molecule has 0 bridgehead atoms. The van der Waals surface area contributed by atoms with E-state index >= 15 is 0 Å². The third-order valence-corrected chi connectivity index (χ3v) is 12.6. The van der Waals surface area contributed by atoms with E-state index in [1.807, 2.05) is 0 Å². The normalized spacial score (nSPS) is 12.0. The summed E-state index contributed by atoms with van der Waals surface area (Å²) in [6.07, 6.45) is 0. The Morgan fingerprint density at radius 1 is 0.300 bits per heavy atom. The largest absolute Gasteiger partial charge is 0.454 e. The van der Waals surface area contributed by atoms with E-state index < -0.39 is 0 Å². The fourth-order valence-corrected chi connectivity index (χ4v) is 9.61. The molecule has 0 fully saturated rings. The summed E-state index contributed by atoms with van der Waals surface area (Å²) in [4.78, 5) is 4.77. The van der Waals surface area contributed by atoms with Crippen LogP contribution in [0.25, 0.3) is 76.2 Å². The molecule has 0 aliphatic rings. The molecule has 4 heteroatoms. The molecule has 60 heavy (non-hydrogen) atoms. The van der Waals surface area contributed by atoms with E-state index in [1.54, 1.807) is 0 Å². The molecule has 0 spiro atoms. The molecule has 4 nitrogen and oxygen atoms in total. The minimum atomic E-state index is 0.874. The molecule has 12 aromatic rings. The van der Waals surface area contributed by atoms with E-state index in [1.165, 1.54) is 43.4 Å². The topological polar surface area (TPSA) is 32.8 Å². The highest BCUT2D eigenvalue weighted by Crippen LogP contribution is 2.50. The van der Waals surface area contributed by atoms with Crippen molar-refractivity contribution in [3.05, 3.63) is 192 Å². The van der Waals surface area contributed by atoms with Gasteiger partial charge in [0.1, 0.15) is 11.2 Å². The second-order valence-corrected chi connectivity index (χ2v) is 16.3. The van der Waals surface area contributed by atoms with Gasteiger partial charge in [-0.1, -0.05) is 132 Å². The highest BCUT2D eigenvalue weighted by Gasteiger charge is 2.26. The van der Waals surface area contributed by atoms with Gasteiger partial charge >= 0.3 is 0 Å². The minimum absolute atomic E-state index is 0.874. The van der Waals surface area contributed by atoms with Gasteiger partial charge in [-0.2, -0.15) is 0 Å². The van der Waals surface area contributed by atoms with Gasteiger partial charge in [0, 0.05) is 43.7 Å². The van der Waals surface area contributed by atoms with Gasteiger partial charge in [0.25, 0.3) is 0 Å². The fraction of sp³-hybridized carbons (Fsp3) is 0.0714. The summed E-state index contributed by atoms with van der Waals surface area (Å²) < 4.78 is 13.6. The fourth-order valence-electron chi connectivity index (χ4n) is 9.61. The van der Waals surface area contributed by atoms with Gasteiger partial charge in [-0.3, -0.25) is 0 Å². The SMILES string of the molecule is Cc1ccc(N(c2ccc3ccc4c(N(c5ccc(C)cc5)c5cccc6c5oc5c(C)cccc56)ccc5ccc2c3c54)c2cccc3c2oc2c(C)cccc23)cc1. The van der Waals surface area contributed by atoms with Crippen LogP contribution in [0.15, 0.2) is 179 Å². The maximum absolute atomic E-state index is 6.82. The number of para-hydroxylation sites is 4. The Morgan fingerprint density at radius 2 is 0.667 bits per heavy atom. The zero-order valence-electron chi connectivity index (χ0n) is 33.9. The Bertz CT molecular complexity index is 3410. The first-order chi connectivity index (χ1) is 29.4. The van der Waals surface area contributed by atoms with E-state index in [4.69, 9.17) is 8.83 Å². The molecule has 0 unspecified atom stereocenters. The third kappa shape index (κ3) is 5.04. The van der Waals surface area contributed by atoms with Crippen LogP contribution in [-0.2, 0) is 0 Å². The first-order valence-electron chi connectivity index (χ1n) is 20.7. The van der Waals surface area contributed by atoms with Crippen molar-refractivity contribution in [1.29, 1.82) is 0 Å². The Kier molecular flexibility index (Phi) is 7.45. The summed E-state index contributed by atoms with van der Waals surface area (Å²) in [6.45, 7) is 8.52. The molecular weight excluding hydrogens is 733 g/mol. The Labute approximate surface area is 347 Å². The van der Waals surface area contributed by atoms with Crippen LogP contribution in [0.5, 0.6) is 0 Å². The molecule has 0 N–H and O–H groups in total. The van der Waals surface area contributed by atoms with Crippen molar-refractivity contribution < 1.29 is 8.83 Å². The molecule has 12 rings (SSSR count). The second-order valence-electron chi connectivity index (χ2n) is 16.3. The van der Waals surface area contributed by atoms with E-state index in [-0.39, 0.29) is 0 Å². The van der Waals surface area contributed by atoms with Crippen LogP contribution in [0.2, 0.25) is 0 Å².